The molecule has 0 aromatic heterocycles. The normalized spacial score (nSPS) is 19.9. The number of ether oxygens (including phenoxy) is 1. The molecule has 1 aromatic carbocycles. The molecule has 2 unspecified atom stereocenters. The minimum atomic E-state index is -1.10. The van der Waals surface area contributed by atoms with Gasteiger partial charge in [-0.1, -0.05) is 0 Å². The van der Waals surface area contributed by atoms with Crippen LogP contribution in [0.2, 0.25) is 0 Å². The fourth-order valence-corrected chi connectivity index (χ4v) is 2.34. The van der Waals surface area contributed by atoms with E-state index in [1.165, 1.54) is 0 Å². The van der Waals surface area contributed by atoms with E-state index in [4.69, 9.17) is 9.84 Å². The van der Waals surface area contributed by atoms with Gasteiger partial charge in [0.1, 0.15) is 12.3 Å². The van der Waals surface area contributed by atoms with Crippen molar-refractivity contribution >= 4 is 17.8 Å². The van der Waals surface area contributed by atoms with Crippen LogP contribution in [0.3, 0.4) is 0 Å². The summed E-state index contributed by atoms with van der Waals surface area (Å²) in [7, 11) is 1.55. The third-order valence-electron chi connectivity index (χ3n) is 3.55. The monoisotopic (exact) mass is 321 g/mol. The van der Waals surface area contributed by atoms with E-state index in [-0.39, 0.29) is 17.9 Å². The van der Waals surface area contributed by atoms with Crippen LogP contribution in [0.1, 0.15) is 16.8 Å². The Morgan fingerprint density at radius 1 is 1.30 bits per heavy atom. The summed E-state index contributed by atoms with van der Waals surface area (Å²) in [4.78, 5) is 34.3. The number of carbonyl (C=O) groups excluding carboxylic acids is 2. The van der Waals surface area contributed by atoms with Gasteiger partial charge in [-0.05, 0) is 30.7 Å². The Morgan fingerprint density at radius 3 is 2.61 bits per heavy atom. The predicted octanol–water partition coefficient (Wildman–Crippen LogP) is -0.644. The Kier molecular flexibility index (Phi) is 5.53. The second kappa shape index (κ2) is 7.59. The number of rotatable bonds is 6. The van der Waals surface area contributed by atoms with Gasteiger partial charge in [-0.3, -0.25) is 14.4 Å². The maximum Gasteiger partial charge on any atom is 0.322 e. The molecule has 1 aromatic rings. The lowest BCUT2D eigenvalue weighted by atomic mass is 10.1. The Labute approximate surface area is 133 Å². The Bertz CT molecular complexity index is 587. The first-order valence-electron chi connectivity index (χ1n) is 7.17. The lowest BCUT2D eigenvalue weighted by Gasteiger charge is -2.12. The van der Waals surface area contributed by atoms with Crippen molar-refractivity contribution in [3.05, 3.63) is 29.8 Å². The summed E-state index contributed by atoms with van der Waals surface area (Å²) < 4.78 is 5.03. The van der Waals surface area contributed by atoms with Crippen molar-refractivity contribution in [3.63, 3.8) is 0 Å². The molecule has 2 atom stereocenters. The highest BCUT2D eigenvalue weighted by Gasteiger charge is 2.30. The number of carboxylic acid groups (broad SMARTS) is 1. The number of nitrogens with one attached hydrogen (secondary N) is 3. The summed E-state index contributed by atoms with van der Waals surface area (Å²) in [5.74, 6) is -1.04. The molecule has 0 aliphatic carbocycles. The zero-order chi connectivity index (χ0) is 16.8. The Hall–Kier alpha value is -2.61. The minimum Gasteiger partial charge on any atom is -0.497 e. The molecule has 0 saturated carbocycles. The van der Waals surface area contributed by atoms with Crippen molar-refractivity contribution in [1.82, 2.24) is 16.0 Å². The number of benzene rings is 1. The van der Waals surface area contributed by atoms with E-state index in [0.29, 0.717) is 24.3 Å². The van der Waals surface area contributed by atoms with Gasteiger partial charge in [-0.2, -0.15) is 0 Å². The van der Waals surface area contributed by atoms with Crippen LogP contribution in [0.4, 0.5) is 0 Å². The quantitative estimate of drug-likeness (QED) is 0.553. The topological polar surface area (TPSA) is 117 Å². The Balaban J connectivity index is 1.83. The highest BCUT2D eigenvalue weighted by molar-refractivity contribution is 5.94. The zero-order valence-electron chi connectivity index (χ0n) is 12.7. The van der Waals surface area contributed by atoms with Crippen LogP contribution in [-0.4, -0.2) is 55.2 Å². The molecule has 2 rings (SSSR count). The standard InChI is InChI=1S/C15H19N3O5/c1-23-11-4-2-9(3-5-11)14(21)18-10-6-12(16-7-10)15(22)17-8-13(19)20/h2-5,10,12,16H,6-8H2,1H3,(H,17,22)(H,18,21)(H,19,20). The number of hydrogen-bond acceptors (Lipinski definition) is 5. The van der Waals surface area contributed by atoms with E-state index in [0.717, 1.165) is 0 Å². The third kappa shape index (κ3) is 4.68. The van der Waals surface area contributed by atoms with Crippen LogP contribution in [0.5, 0.6) is 5.75 Å². The van der Waals surface area contributed by atoms with E-state index in [9.17, 15) is 14.4 Å². The summed E-state index contributed by atoms with van der Waals surface area (Å²) in [6.07, 6.45) is 0.410. The fraction of sp³-hybridized carbons (Fsp3) is 0.400. The van der Waals surface area contributed by atoms with E-state index in [1.807, 2.05) is 0 Å². The molecule has 0 bridgehead atoms. The summed E-state index contributed by atoms with van der Waals surface area (Å²) in [6.45, 7) is 0.0347. The zero-order valence-corrected chi connectivity index (χ0v) is 12.7. The summed E-state index contributed by atoms with van der Waals surface area (Å²) in [5.41, 5.74) is 0.504. The predicted molar refractivity (Wildman–Crippen MR) is 81.3 cm³/mol. The molecule has 1 fully saturated rings. The van der Waals surface area contributed by atoms with E-state index in [1.54, 1.807) is 31.4 Å². The van der Waals surface area contributed by atoms with Gasteiger partial charge in [0.2, 0.25) is 5.91 Å². The highest BCUT2D eigenvalue weighted by Crippen LogP contribution is 2.12. The number of hydrogen-bond donors (Lipinski definition) is 4. The number of aliphatic carboxylic acids is 1. The van der Waals surface area contributed by atoms with Crippen molar-refractivity contribution < 1.29 is 24.2 Å². The first kappa shape index (κ1) is 16.8. The van der Waals surface area contributed by atoms with Crippen LogP contribution in [0.25, 0.3) is 0 Å². The first-order valence-corrected chi connectivity index (χ1v) is 7.17. The first-order chi connectivity index (χ1) is 11.0. The lowest BCUT2D eigenvalue weighted by Crippen LogP contribution is -2.42. The van der Waals surface area contributed by atoms with Gasteiger partial charge >= 0.3 is 5.97 Å². The minimum absolute atomic E-state index is 0.190. The molecule has 8 heteroatoms. The highest BCUT2D eigenvalue weighted by atomic mass is 16.5. The molecule has 1 heterocycles. The summed E-state index contributed by atoms with van der Waals surface area (Å²) >= 11 is 0. The van der Waals surface area contributed by atoms with Crippen LogP contribution in [0, 0.1) is 0 Å². The van der Waals surface area contributed by atoms with Crippen molar-refractivity contribution in [2.75, 3.05) is 20.2 Å². The third-order valence-corrected chi connectivity index (χ3v) is 3.55. The van der Waals surface area contributed by atoms with Gasteiger partial charge in [0, 0.05) is 18.2 Å². The van der Waals surface area contributed by atoms with Crippen LogP contribution < -0.4 is 20.7 Å². The molecule has 0 radical (unpaired) electrons. The van der Waals surface area contributed by atoms with Crippen molar-refractivity contribution in [1.29, 1.82) is 0 Å². The van der Waals surface area contributed by atoms with Gasteiger partial charge in [0.05, 0.1) is 13.2 Å². The average molecular weight is 321 g/mol. The van der Waals surface area contributed by atoms with Crippen LogP contribution >= 0.6 is 0 Å². The maximum absolute atomic E-state index is 12.1. The summed E-state index contributed by atoms with van der Waals surface area (Å²) in [6, 6.07) is 6.02. The maximum atomic E-state index is 12.1. The molecule has 1 saturated heterocycles. The Morgan fingerprint density at radius 2 is 2.00 bits per heavy atom. The van der Waals surface area contributed by atoms with E-state index < -0.39 is 18.6 Å². The molecule has 124 valence electrons. The molecule has 1 aliphatic heterocycles. The van der Waals surface area contributed by atoms with Gasteiger partial charge in [-0.25, -0.2) is 0 Å². The second-order valence-electron chi connectivity index (χ2n) is 5.21. The van der Waals surface area contributed by atoms with Crippen molar-refractivity contribution in [2.45, 2.75) is 18.5 Å². The van der Waals surface area contributed by atoms with Crippen molar-refractivity contribution in [3.8, 4) is 5.75 Å². The van der Waals surface area contributed by atoms with E-state index in [2.05, 4.69) is 16.0 Å². The van der Waals surface area contributed by atoms with Crippen LogP contribution in [0.15, 0.2) is 24.3 Å². The molecule has 8 nitrogen and oxygen atoms in total. The SMILES string of the molecule is COc1ccc(C(=O)NC2CNC(C(=O)NCC(=O)O)C2)cc1. The molecular formula is C15H19N3O5. The average Bonchev–Trinajstić information content (AvgIpc) is 3.01. The molecule has 4 N–H and O–H groups in total. The second-order valence-corrected chi connectivity index (χ2v) is 5.21. The number of amides is 2. The molecule has 0 spiro atoms. The lowest BCUT2D eigenvalue weighted by molar-refractivity contribution is -0.138. The molecule has 1 aliphatic rings. The van der Waals surface area contributed by atoms with Gasteiger partial charge in [-0.15, -0.1) is 0 Å². The summed E-state index contributed by atoms with van der Waals surface area (Å²) in [5, 5.41) is 16.7. The largest absolute Gasteiger partial charge is 0.497 e. The smallest absolute Gasteiger partial charge is 0.322 e. The molecule has 23 heavy (non-hydrogen) atoms. The number of carboxylic acids is 1. The molecular weight excluding hydrogens is 302 g/mol. The van der Waals surface area contributed by atoms with Crippen LogP contribution in [-0.2, 0) is 9.59 Å². The number of carbonyl (C=O) groups is 3. The number of methoxy groups -OCH3 is 1. The molecule has 2 amide bonds. The van der Waals surface area contributed by atoms with Crippen molar-refractivity contribution in [2.24, 2.45) is 0 Å². The van der Waals surface area contributed by atoms with Gasteiger partial charge in [0.25, 0.3) is 5.91 Å². The fourth-order valence-electron chi connectivity index (χ4n) is 2.34. The van der Waals surface area contributed by atoms with Gasteiger partial charge < -0.3 is 25.8 Å². The van der Waals surface area contributed by atoms with E-state index >= 15 is 0 Å². The van der Waals surface area contributed by atoms with Gasteiger partial charge in [0.15, 0.2) is 0 Å².